The average Bonchev–Trinajstić information content (AvgIpc) is 3.03. The van der Waals surface area contributed by atoms with Crippen LogP contribution in [0.4, 0.5) is 0 Å². The lowest BCUT2D eigenvalue weighted by atomic mass is 9.88. The molecule has 0 spiro atoms. The number of piperazine rings is 1. The summed E-state index contributed by atoms with van der Waals surface area (Å²) in [7, 11) is 0. The number of aromatic hydroxyl groups is 2. The van der Waals surface area contributed by atoms with Crippen molar-refractivity contribution in [1.82, 2.24) is 14.7 Å². The third-order valence-corrected chi connectivity index (χ3v) is 10.5. The lowest BCUT2D eigenvalue weighted by Gasteiger charge is -2.39. The zero-order valence-corrected chi connectivity index (χ0v) is 27.6. The third-order valence-electron chi connectivity index (χ3n) is 8.88. The van der Waals surface area contributed by atoms with E-state index in [0.29, 0.717) is 28.9 Å². The van der Waals surface area contributed by atoms with Crippen LogP contribution in [0.5, 0.6) is 11.5 Å². The molecule has 7 nitrogen and oxygen atoms in total. The molecular formula is C34H42Cl2N4O3S. The molecule has 2 saturated heterocycles. The fourth-order valence-corrected chi connectivity index (χ4v) is 7.55. The van der Waals surface area contributed by atoms with Crippen LogP contribution < -0.4 is 5.73 Å². The van der Waals surface area contributed by atoms with Gasteiger partial charge in [0.1, 0.15) is 11.5 Å². The van der Waals surface area contributed by atoms with Gasteiger partial charge in [-0.3, -0.25) is 9.69 Å². The zero-order chi connectivity index (χ0) is 31.2. The van der Waals surface area contributed by atoms with Crippen molar-refractivity contribution in [3.05, 3.63) is 75.8 Å². The molecular weight excluding hydrogens is 615 g/mol. The van der Waals surface area contributed by atoms with E-state index < -0.39 is 6.04 Å². The van der Waals surface area contributed by atoms with Gasteiger partial charge in [0.05, 0.1) is 11.1 Å². The molecule has 3 aromatic carbocycles. The second-order valence-electron chi connectivity index (χ2n) is 11.7. The second kappa shape index (κ2) is 15.2. The number of rotatable bonds is 10. The Labute approximate surface area is 274 Å². The summed E-state index contributed by atoms with van der Waals surface area (Å²) in [5.74, 6) is 1.57. The van der Waals surface area contributed by atoms with E-state index in [0.717, 1.165) is 86.5 Å². The maximum atomic E-state index is 13.4. The van der Waals surface area contributed by atoms with Crippen molar-refractivity contribution in [2.75, 3.05) is 51.6 Å². The molecule has 3 aromatic rings. The van der Waals surface area contributed by atoms with E-state index in [1.807, 2.05) is 41.3 Å². The van der Waals surface area contributed by atoms with Crippen LogP contribution in [0.15, 0.2) is 59.5 Å². The van der Waals surface area contributed by atoms with Gasteiger partial charge < -0.3 is 25.7 Å². The number of nitrogens with two attached hydrogens (primary N) is 1. The molecule has 44 heavy (non-hydrogen) atoms. The van der Waals surface area contributed by atoms with E-state index in [-0.39, 0.29) is 17.6 Å². The number of phenolic OH excluding ortho intramolecular Hbond substituents is 2. The number of benzene rings is 3. The molecule has 1 atom stereocenters. The first-order valence-corrected chi connectivity index (χ1v) is 17.2. The van der Waals surface area contributed by atoms with Gasteiger partial charge in [-0.15, -0.1) is 11.8 Å². The highest BCUT2D eigenvalue weighted by Crippen LogP contribution is 2.37. The molecule has 2 aliphatic heterocycles. The molecule has 0 saturated carbocycles. The molecule has 0 bridgehead atoms. The number of amides is 1. The van der Waals surface area contributed by atoms with Crippen molar-refractivity contribution >= 4 is 40.9 Å². The van der Waals surface area contributed by atoms with Crippen LogP contribution in [0.2, 0.25) is 10.0 Å². The van der Waals surface area contributed by atoms with Crippen LogP contribution in [0.1, 0.15) is 30.9 Å². The predicted molar refractivity (Wildman–Crippen MR) is 181 cm³/mol. The number of carbonyl (C=O) groups excluding carboxylic acids is 1. The third kappa shape index (κ3) is 8.03. The van der Waals surface area contributed by atoms with Crippen LogP contribution in [0.25, 0.3) is 11.1 Å². The summed E-state index contributed by atoms with van der Waals surface area (Å²) >= 11 is 14.6. The number of phenols is 2. The molecule has 0 aliphatic carbocycles. The van der Waals surface area contributed by atoms with E-state index in [1.165, 1.54) is 4.90 Å². The molecule has 0 aromatic heterocycles. The van der Waals surface area contributed by atoms with Gasteiger partial charge >= 0.3 is 0 Å². The first-order valence-electron chi connectivity index (χ1n) is 15.4. The number of hydrogen-bond donors (Lipinski definition) is 3. The largest absolute Gasteiger partial charge is 0.508 e. The molecule has 2 aliphatic rings. The van der Waals surface area contributed by atoms with E-state index in [2.05, 4.69) is 16.7 Å². The molecule has 2 heterocycles. The summed E-state index contributed by atoms with van der Waals surface area (Å²) in [5, 5.41) is 21.1. The molecule has 10 heteroatoms. The van der Waals surface area contributed by atoms with E-state index in [9.17, 15) is 15.0 Å². The molecule has 4 N–H and O–H groups in total. The summed E-state index contributed by atoms with van der Waals surface area (Å²) < 4.78 is 0. The highest BCUT2D eigenvalue weighted by molar-refractivity contribution is 7.99. The minimum absolute atomic E-state index is 0.0634. The van der Waals surface area contributed by atoms with Crippen LogP contribution in [0.3, 0.4) is 0 Å². The van der Waals surface area contributed by atoms with Gasteiger partial charge in [0.25, 0.3) is 0 Å². The molecule has 0 radical (unpaired) electrons. The monoisotopic (exact) mass is 656 g/mol. The lowest BCUT2D eigenvalue weighted by Crippen LogP contribution is -2.55. The smallest absolute Gasteiger partial charge is 0.239 e. The quantitative estimate of drug-likeness (QED) is 0.227. The number of halogens is 2. The Morgan fingerprint density at radius 3 is 2.41 bits per heavy atom. The van der Waals surface area contributed by atoms with Crippen LogP contribution >= 0.6 is 35.0 Å². The second-order valence-corrected chi connectivity index (χ2v) is 13.8. The Kier molecular flexibility index (Phi) is 11.4. The van der Waals surface area contributed by atoms with Crippen molar-refractivity contribution in [2.24, 2.45) is 11.7 Å². The Morgan fingerprint density at radius 2 is 1.68 bits per heavy atom. The van der Waals surface area contributed by atoms with Gasteiger partial charge in [-0.25, -0.2) is 0 Å². The summed E-state index contributed by atoms with van der Waals surface area (Å²) in [6.45, 7) is 8.47. The van der Waals surface area contributed by atoms with Gasteiger partial charge in [-0.2, -0.15) is 0 Å². The first-order chi connectivity index (χ1) is 21.2. The summed E-state index contributed by atoms with van der Waals surface area (Å²) in [5.41, 5.74) is 10.6. The zero-order valence-electron chi connectivity index (χ0n) is 25.2. The van der Waals surface area contributed by atoms with Crippen molar-refractivity contribution in [1.29, 1.82) is 0 Å². The summed E-state index contributed by atoms with van der Waals surface area (Å²) in [4.78, 5) is 21.3. The maximum Gasteiger partial charge on any atom is 0.239 e. The summed E-state index contributed by atoms with van der Waals surface area (Å²) in [6, 6.07) is 16.2. The van der Waals surface area contributed by atoms with Crippen molar-refractivity contribution in [2.45, 2.75) is 43.7 Å². The highest BCUT2D eigenvalue weighted by atomic mass is 35.5. The Balaban J connectivity index is 1.10. The maximum absolute atomic E-state index is 13.4. The Hall–Kier alpha value is -2.46. The minimum atomic E-state index is -0.477. The van der Waals surface area contributed by atoms with Gasteiger partial charge in [-0.1, -0.05) is 48.3 Å². The number of thioether (sulfide) groups is 1. The number of piperidine rings is 1. The van der Waals surface area contributed by atoms with E-state index >= 15 is 0 Å². The molecule has 0 unspecified atom stereocenters. The highest BCUT2D eigenvalue weighted by Gasteiger charge is 2.33. The first kappa shape index (κ1) is 32.9. The molecule has 1 amide bonds. The molecule has 2 fully saturated rings. The number of hydrogen-bond acceptors (Lipinski definition) is 7. The lowest BCUT2D eigenvalue weighted by molar-refractivity contribution is -0.136. The number of likely N-dealkylation sites (tertiary alicyclic amines) is 1. The number of carbonyl (C=O) groups is 1. The van der Waals surface area contributed by atoms with Crippen LogP contribution in [-0.2, 0) is 17.8 Å². The van der Waals surface area contributed by atoms with Gasteiger partial charge in [-0.05, 0) is 97.1 Å². The van der Waals surface area contributed by atoms with Gasteiger partial charge in [0.2, 0.25) is 5.91 Å². The summed E-state index contributed by atoms with van der Waals surface area (Å²) in [6.07, 6.45) is 2.58. The van der Waals surface area contributed by atoms with Gasteiger partial charge in [0.15, 0.2) is 0 Å². The number of nitrogens with zero attached hydrogens (tertiary/aromatic N) is 3. The van der Waals surface area contributed by atoms with Crippen molar-refractivity contribution in [3.8, 4) is 22.6 Å². The van der Waals surface area contributed by atoms with Crippen LogP contribution in [0, 0.1) is 5.92 Å². The molecule has 236 valence electrons. The SMILES string of the molecule is CCSc1ccc(O)cc1CN1CCN(C(=O)[C@H](N)C2CCN(CCc3cc(Cl)ccc3-c3cccc(O)c3Cl)CC2)CC1. The standard InChI is InChI=1S/C34H42Cl2N4O3S/c1-2-44-31-9-7-27(41)21-25(31)22-39-16-18-40(19-17-39)34(43)33(37)23-10-13-38(14-11-23)15-12-24-20-26(35)6-8-28(24)29-4-3-5-30(42)32(29)36/h3-9,20-21,23,33,41-42H,2,10-19,22,37H2,1H3/t33-/m1/s1. The normalized spacial score (nSPS) is 17.6. The van der Waals surface area contributed by atoms with Crippen molar-refractivity contribution in [3.63, 3.8) is 0 Å². The predicted octanol–water partition coefficient (Wildman–Crippen LogP) is 6.11. The fraction of sp³-hybridized carbons (Fsp3) is 0.441. The molecule has 5 rings (SSSR count). The fourth-order valence-electron chi connectivity index (χ4n) is 6.34. The Bertz CT molecular complexity index is 1440. The average molecular weight is 658 g/mol. The van der Waals surface area contributed by atoms with Crippen molar-refractivity contribution < 1.29 is 15.0 Å². The Morgan fingerprint density at radius 1 is 0.932 bits per heavy atom. The van der Waals surface area contributed by atoms with E-state index in [1.54, 1.807) is 30.0 Å². The van der Waals surface area contributed by atoms with Crippen LogP contribution in [-0.4, -0.2) is 88.4 Å². The van der Waals surface area contributed by atoms with Gasteiger partial charge in [0, 0.05) is 54.8 Å². The minimum Gasteiger partial charge on any atom is -0.508 e. The van der Waals surface area contributed by atoms with E-state index in [4.69, 9.17) is 28.9 Å². The topological polar surface area (TPSA) is 93.3 Å².